The normalized spacial score (nSPS) is 15.4. The van der Waals surface area contributed by atoms with Crippen molar-refractivity contribution in [1.29, 1.82) is 0 Å². The lowest BCUT2D eigenvalue weighted by atomic mass is 10.0. The molecule has 0 aliphatic carbocycles. The van der Waals surface area contributed by atoms with Gasteiger partial charge < -0.3 is 9.73 Å². The first-order chi connectivity index (χ1) is 8.29. The number of benzene rings is 1. The lowest BCUT2D eigenvalue weighted by Gasteiger charge is -2.10. The number of hydrogen-bond donors (Lipinski definition) is 1. The van der Waals surface area contributed by atoms with E-state index in [0.29, 0.717) is 0 Å². The summed E-state index contributed by atoms with van der Waals surface area (Å²) in [5, 5.41) is 3.50. The second-order valence-corrected chi connectivity index (χ2v) is 4.72. The topological polar surface area (TPSA) is 38.1 Å². The Morgan fingerprint density at radius 2 is 2.29 bits per heavy atom. The average molecular weight is 230 g/mol. The highest BCUT2D eigenvalue weighted by atomic mass is 16.3. The van der Waals surface area contributed by atoms with Crippen LogP contribution in [-0.4, -0.2) is 11.5 Å². The second-order valence-electron chi connectivity index (χ2n) is 4.72. The number of nitrogens with zero attached hydrogens (tertiary/aromatic N) is 1. The first-order valence-corrected chi connectivity index (χ1v) is 6.45. The molecule has 0 saturated heterocycles. The fraction of sp³-hybridized carbons (Fsp3) is 0.500. The summed E-state index contributed by atoms with van der Waals surface area (Å²) in [6.07, 6.45) is 4.50. The molecule has 3 heteroatoms. The molecule has 0 fully saturated rings. The van der Waals surface area contributed by atoms with Crippen LogP contribution in [-0.2, 0) is 12.8 Å². The molecule has 90 valence electrons. The number of aromatic nitrogens is 1. The van der Waals surface area contributed by atoms with E-state index < -0.39 is 0 Å². The molecule has 1 aliphatic rings. The van der Waals surface area contributed by atoms with Crippen LogP contribution in [0.5, 0.6) is 0 Å². The highest BCUT2D eigenvalue weighted by Gasteiger charge is 2.16. The Morgan fingerprint density at radius 3 is 3.12 bits per heavy atom. The van der Waals surface area contributed by atoms with Crippen LogP contribution in [0, 0.1) is 6.92 Å². The fourth-order valence-electron chi connectivity index (χ4n) is 2.59. The lowest BCUT2D eigenvalue weighted by Crippen LogP contribution is -2.00. The van der Waals surface area contributed by atoms with Gasteiger partial charge in [-0.2, -0.15) is 0 Å². The van der Waals surface area contributed by atoms with Crippen molar-refractivity contribution in [3.63, 3.8) is 0 Å². The van der Waals surface area contributed by atoms with Crippen LogP contribution in [0.4, 0.5) is 5.69 Å². The van der Waals surface area contributed by atoms with Gasteiger partial charge in [0.1, 0.15) is 5.52 Å². The third-order valence-electron chi connectivity index (χ3n) is 3.58. The van der Waals surface area contributed by atoms with Crippen molar-refractivity contribution in [3.8, 4) is 0 Å². The van der Waals surface area contributed by atoms with E-state index >= 15 is 0 Å². The predicted octanol–water partition coefficient (Wildman–Crippen LogP) is 3.45. The minimum atomic E-state index is 0.836. The number of nitrogens with one attached hydrogen (secondary N) is 1. The Labute approximate surface area is 101 Å². The van der Waals surface area contributed by atoms with Gasteiger partial charge in [0.2, 0.25) is 0 Å². The van der Waals surface area contributed by atoms with Gasteiger partial charge in [-0.1, -0.05) is 6.92 Å². The van der Waals surface area contributed by atoms with Crippen molar-refractivity contribution < 1.29 is 4.42 Å². The first-order valence-electron chi connectivity index (χ1n) is 6.45. The summed E-state index contributed by atoms with van der Waals surface area (Å²) in [7, 11) is 0. The van der Waals surface area contributed by atoms with Crippen molar-refractivity contribution in [2.75, 3.05) is 11.9 Å². The summed E-state index contributed by atoms with van der Waals surface area (Å²) in [5.41, 5.74) is 5.92. The highest BCUT2D eigenvalue weighted by Crippen LogP contribution is 2.32. The number of oxazole rings is 1. The molecule has 3 nitrogen and oxygen atoms in total. The van der Waals surface area contributed by atoms with E-state index in [0.717, 1.165) is 36.4 Å². The molecule has 0 bridgehead atoms. The van der Waals surface area contributed by atoms with E-state index in [1.807, 2.05) is 0 Å². The van der Waals surface area contributed by atoms with Crippen LogP contribution < -0.4 is 5.32 Å². The van der Waals surface area contributed by atoms with Gasteiger partial charge in [0.15, 0.2) is 11.5 Å². The third-order valence-corrected chi connectivity index (χ3v) is 3.58. The summed E-state index contributed by atoms with van der Waals surface area (Å²) in [6.45, 7) is 5.30. The van der Waals surface area contributed by atoms with E-state index in [1.54, 1.807) is 0 Å². The summed E-state index contributed by atoms with van der Waals surface area (Å²) in [5.74, 6) is 0.836. The maximum Gasteiger partial charge on any atom is 0.195 e. The Morgan fingerprint density at radius 1 is 1.41 bits per heavy atom. The summed E-state index contributed by atoms with van der Waals surface area (Å²) >= 11 is 0. The molecule has 2 heterocycles. The maximum absolute atomic E-state index is 5.75. The smallest absolute Gasteiger partial charge is 0.195 e. The Bertz CT molecular complexity index is 557. The van der Waals surface area contributed by atoms with Crippen LogP contribution in [0.2, 0.25) is 0 Å². The van der Waals surface area contributed by atoms with Crippen molar-refractivity contribution in [2.24, 2.45) is 0 Å². The van der Waals surface area contributed by atoms with Gasteiger partial charge in [-0.15, -0.1) is 0 Å². The minimum absolute atomic E-state index is 0.836. The zero-order valence-electron chi connectivity index (χ0n) is 10.5. The quantitative estimate of drug-likeness (QED) is 0.815. The van der Waals surface area contributed by atoms with Crippen LogP contribution in [0.15, 0.2) is 10.5 Å². The molecule has 1 aromatic heterocycles. The average Bonchev–Trinajstić information content (AvgIpc) is 2.60. The largest absolute Gasteiger partial charge is 0.441 e. The Balaban J connectivity index is 2.23. The van der Waals surface area contributed by atoms with Crippen LogP contribution in [0.1, 0.15) is 36.8 Å². The van der Waals surface area contributed by atoms with E-state index in [2.05, 4.69) is 30.2 Å². The SMILES string of the molecule is CCc1nc2c(C)c3c(cc2o1)NCCCC3. The third kappa shape index (κ3) is 1.70. The summed E-state index contributed by atoms with van der Waals surface area (Å²) < 4.78 is 5.75. The molecule has 17 heavy (non-hydrogen) atoms. The number of anilines is 1. The molecule has 0 saturated carbocycles. The van der Waals surface area contributed by atoms with Gasteiger partial charge >= 0.3 is 0 Å². The molecular weight excluding hydrogens is 212 g/mol. The highest BCUT2D eigenvalue weighted by molar-refractivity contribution is 5.83. The molecular formula is C14H18N2O. The lowest BCUT2D eigenvalue weighted by molar-refractivity contribution is 0.538. The molecule has 1 N–H and O–H groups in total. The number of rotatable bonds is 1. The maximum atomic E-state index is 5.75. The predicted molar refractivity (Wildman–Crippen MR) is 69.6 cm³/mol. The van der Waals surface area contributed by atoms with Crippen molar-refractivity contribution >= 4 is 16.8 Å². The van der Waals surface area contributed by atoms with Crippen LogP contribution in [0.25, 0.3) is 11.1 Å². The van der Waals surface area contributed by atoms with Gasteiger partial charge in [-0.05, 0) is 37.3 Å². The first kappa shape index (κ1) is 10.6. The number of hydrogen-bond acceptors (Lipinski definition) is 3. The second kappa shape index (κ2) is 4.06. The minimum Gasteiger partial charge on any atom is -0.441 e. The Kier molecular flexibility index (Phi) is 2.54. The zero-order chi connectivity index (χ0) is 11.8. The molecule has 3 rings (SSSR count). The molecule has 0 spiro atoms. The van der Waals surface area contributed by atoms with E-state index in [9.17, 15) is 0 Å². The van der Waals surface area contributed by atoms with E-state index in [4.69, 9.17) is 4.42 Å². The van der Waals surface area contributed by atoms with Gasteiger partial charge in [0.05, 0.1) is 0 Å². The Hall–Kier alpha value is -1.51. The van der Waals surface area contributed by atoms with Gasteiger partial charge in [-0.25, -0.2) is 4.98 Å². The van der Waals surface area contributed by atoms with Crippen LogP contribution >= 0.6 is 0 Å². The molecule has 0 unspecified atom stereocenters. The zero-order valence-corrected chi connectivity index (χ0v) is 10.5. The van der Waals surface area contributed by atoms with E-state index in [1.165, 1.54) is 29.7 Å². The molecule has 1 aliphatic heterocycles. The van der Waals surface area contributed by atoms with Gasteiger partial charge in [0.25, 0.3) is 0 Å². The molecule has 2 aromatic rings. The summed E-state index contributed by atoms with van der Waals surface area (Å²) in [6, 6.07) is 2.12. The number of aryl methyl sites for hydroxylation is 2. The van der Waals surface area contributed by atoms with Crippen molar-refractivity contribution in [3.05, 3.63) is 23.1 Å². The standard InChI is InChI=1S/C14H18N2O/c1-3-13-16-14-9(2)10-6-4-5-7-15-11(10)8-12(14)17-13/h8,15H,3-7H2,1-2H3. The van der Waals surface area contributed by atoms with Crippen LogP contribution in [0.3, 0.4) is 0 Å². The fourth-order valence-corrected chi connectivity index (χ4v) is 2.59. The van der Waals surface area contributed by atoms with Crippen molar-refractivity contribution in [2.45, 2.75) is 39.5 Å². The molecule has 0 atom stereocenters. The monoisotopic (exact) mass is 230 g/mol. The summed E-state index contributed by atoms with van der Waals surface area (Å²) in [4.78, 5) is 4.58. The van der Waals surface area contributed by atoms with E-state index in [-0.39, 0.29) is 0 Å². The van der Waals surface area contributed by atoms with Gasteiger partial charge in [-0.3, -0.25) is 0 Å². The molecule has 0 radical (unpaired) electrons. The molecule has 0 amide bonds. The molecule has 1 aromatic carbocycles. The number of fused-ring (bicyclic) bond motifs is 2. The van der Waals surface area contributed by atoms with Gasteiger partial charge in [0, 0.05) is 24.7 Å². The van der Waals surface area contributed by atoms with Crippen molar-refractivity contribution in [1.82, 2.24) is 4.98 Å².